The molecule has 24 heavy (non-hydrogen) atoms. The normalized spacial score (nSPS) is 12.1. The maximum Gasteiger partial charge on any atom is 0.275 e. The molecule has 1 heterocycles. The molecule has 2 aromatic carbocycles. The molecule has 0 aliphatic heterocycles. The van der Waals surface area contributed by atoms with Crippen molar-refractivity contribution in [3.63, 3.8) is 0 Å². The van der Waals surface area contributed by atoms with E-state index in [4.69, 9.17) is 0 Å². The number of hydrogen-bond acceptors (Lipinski definition) is 3. The molecule has 0 aliphatic carbocycles. The smallest absolute Gasteiger partial charge is 0.275 e. The van der Waals surface area contributed by atoms with E-state index in [0.717, 1.165) is 5.56 Å². The van der Waals surface area contributed by atoms with Crippen LogP contribution in [0, 0.1) is 6.92 Å². The van der Waals surface area contributed by atoms with Gasteiger partial charge >= 0.3 is 0 Å². The van der Waals surface area contributed by atoms with E-state index in [-0.39, 0.29) is 23.2 Å². The van der Waals surface area contributed by atoms with Crippen LogP contribution in [0.2, 0.25) is 0 Å². The Bertz CT molecular complexity index is 945. The third-order valence-corrected chi connectivity index (χ3v) is 4.36. The number of aromatic nitrogens is 2. The van der Waals surface area contributed by atoms with Crippen molar-refractivity contribution in [3.05, 3.63) is 75.7 Å². The van der Waals surface area contributed by atoms with Crippen LogP contribution in [-0.4, -0.2) is 28.1 Å². The van der Waals surface area contributed by atoms with Gasteiger partial charge in [0, 0.05) is 12.4 Å². The van der Waals surface area contributed by atoms with E-state index < -0.39 is 0 Å². The number of aromatic amines is 1. The van der Waals surface area contributed by atoms with Gasteiger partial charge in [-0.2, -0.15) is 5.10 Å². The number of hydrogen-bond donors (Lipinski definition) is 1. The van der Waals surface area contributed by atoms with Crippen molar-refractivity contribution >= 4 is 16.7 Å². The lowest BCUT2D eigenvalue weighted by atomic mass is 10.0. The fourth-order valence-electron chi connectivity index (χ4n) is 2.69. The van der Waals surface area contributed by atoms with Crippen LogP contribution in [0.4, 0.5) is 0 Å². The van der Waals surface area contributed by atoms with Gasteiger partial charge in [-0.25, -0.2) is 5.10 Å². The Labute approximate surface area is 139 Å². The summed E-state index contributed by atoms with van der Waals surface area (Å²) in [5, 5.41) is 7.43. The van der Waals surface area contributed by atoms with Gasteiger partial charge in [-0.05, 0) is 25.5 Å². The molecule has 0 bridgehead atoms. The lowest BCUT2D eigenvalue weighted by Gasteiger charge is -2.25. The lowest BCUT2D eigenvalue weighted by Crippen LogP contribution is -2.31. The number of H-pyrrole nitrogens is 1. The molecule has 1 aromatic heterocycles. The second-order valence-electron chi connectivity index (χ2n) is 5.95. The minimum Gasteiger partial charge on any atom is -0.334 e. The van der Waals surface area contributed by atoms with Crippen LogP contribution in [0.15, 0.2) is 53.3 Å². The Morgan fingerprint density at radius 2 is 1.71 bits per heavy atom. The van der Waals surface area contributed by atoms with E-state index in [1.807, 2.05) is 38.1 Å². The summed E-state index contributed by atoms with van der Waals surface area (Å²) in [6, 6.07) is 15.0. The standard InChI is InChI=1S/C19H19N3O2/c1-12-8-10-14(11-9-12)13(2)22(3)19(24)17-15-6-4-5-7-16(15)18(23)21-20-17/h4-11,13H,1-3H3,(H,21,23). The number of amides is 1. The molecule has 0 saturated heterocycles. The summed E-state index contributed by atoms with van der Waals surface area (Å²) in [6.07, 6.45) is 0. The molecule has 5 heteroatoms. The van der Waals surface area contributed by atoms with Crippen molar-refractivity contribution in [2.75, 3.05) is 7.05 Å². The fourth-order valence-corrected chi connectivity index (χ4v) is 2.69. The molecular formula is C19H19N3O2. The average Bonchev–Trinajstić information content (AvgIpc) is 2.61. The first kappa shape index (κ1) is 15.9. The van der Waals surface area contributed by atoms with Gasteiger partial charge in [0.25, 0.3) is 11.5 Å². The van der Waals surface area contributed by atoms with Gasteiger partial charge < -0.3 is 4.90 Å². The van der Waals surface area contributed by atoms with Crippen molar-refractivity contribution < 1.29 is 4.79 Å². The van der Waals surface area contributed by atoms with E-state index in [9.17, 15) is 9.59 Å². The van der Waals surface area contributed by atoms with Gasteiger partial charge in [-0.15, -0.1) is 0 Å². The van der Waals surface area contributed by atoms with Crippen LogP contribution in [0.1, 0.15) is 34.6 Å². The Morgan fingerprint density at radius 3 is 2.38 bits per heavy atom. The van der Waals surface area contributed by atoms with Crippen LogP contribution in [0.3, 0.4) is 0 Å². The van der Waals surface area contributed by atoms with Crippen LogP contribution in [0.5, 0.6) is 0 Å². The van der Waals surface area contributed by atoms with Crippen molar-refractivity contribution in [3.8, 4) is 0 Å². The number of carbonyl (C=O) groups is 1. The molecule has 0 aliphatic rings. The SMILES string of the molecule is Cc1ccc(C(C)N(C)C(=O)c2n[nH]c(=O)c3ccccc23)cc1. The summed E-state index contributed by atoms with van der Waals surface area (Å²) in [6.45, 7) is 4.00. The zero-order valence-electron chi connectivity index (χ0n) is 13.9. The number of fused-ring (bicyclic) bond motifs is 1. The first-order valence-corrected chi connectivity index (χ1v) is 7.80. The van der Waals surface area contributed by atoms with Crippen molar-refractivity contribution in [1.82, 2.24) is 15.1 Å². The van der Waals surface area contributed by atoms with Crippen molar-refractivity contribution in [2.45, 2.75) is 19.9 Å². The van der Waals surface area contributed by atoms with E-state index >= 15 is 0 Å². The minimum atomic E-state index is -0.295. The molecule has 0 radical (unpaired) electrons. The monoisotopic (exact) mass is 321 g/mol. The molecule has 0 saturated carbocycles. The molecule has 122 valence electrons. The first-order valence-electron chi connectivity index (χ1n) is 7.80. The van der Waals surface area contributed by atoms with Crippen LogP contribution >= 0.6 is 0 Å². The van der Waals surface area contributed by atoms with Gasteiger partial charge in [0.2, 0.25) is 0 Å². The number of carbonyl (C=O) groups excluding carboxylic acids is 1. The second-order valence-corrected chi connectivity index (χ2v) is 5.95. The molecule has 1 N–H and O–H groups in total. The third kappa shape index (κ3) is 2.80. The van der Waals surface area contributed by atoms with Gasteiger partial charge in [0.15, 0.2) is 5.69 Å². The highest BCUT2D eigenvalue weighted by Crippen LogP contribution is 2.22. The van der Waals surface area contributed by atoms with E-state index in [2.05, 4.69) is 10.2 Å². The largest absolute Gasteiger partial charge is 0.334 e. The zero-order chi connectivity index (χ0) is 17.3. The van der Waals surface area contributed by atoms with Gasteiger partial charge in [-0.1, -0.05) is 48.0 Å². The Hall–Kier alpha value is -2.95. The molecule has 3 aromatic rings. The Balaban J connectivity index is 1.98. The molecule has 3 rings (SSSR count). The molecule has 0 spiro atoms. The second kappa shape index (κ2) is 6.28. The highest BCUT2D eigenvalue weighted by molar-refractivity contribution is 6.04. The van der Waals surface area contributed by atoms with E-state index in [0.29, 0.717) is 10.8 Å². The quantitative estimate of drug-likeness (QED) is 0.806. The van der Waals surface area contributed by atoms with E-state index in [1.165, 1.54) is 5.56 Å². The van der Waals surface area contributed by atoms with Crippen LogP contribution in [0.25, 0.3) is 10.8 Å². The molecule has 5 nitrogen and oxygen atoms in total. The highest BCUT2D eigenvalue weighted by Gasteiger charge is 2.22. The van der Waals surface area contributed by atoms with Crippen molar-refractivity contribution in [2.24, 2.45) is 0 Å². The van der Waals surface area contributed by atoms with Gasteiger partial charge in [-0.3, -0.25) is 9.59 Å². The predicted octanol–water partition coefficient (Wildman–Crippen LogP) is 3.06. The molecule has 0 fully saturated rings. The number of rotatable bonds is 3. The summed E-state index contributed by atoms with van der Waals surface area (Å²) in [7, 11) is 1.74. The first-order chi connectivity index (χ1) is 11.5. The number of nitrogens with zero attached hydrogens (tertiary/aromatic N) is 2. The van der Waals surface area contributed by atoms with Crippen molar-refractivity contribution in [1.29, 1.82) is 0 Å². The fraction of sp³-hybridized carbons (Fsp3) is 0.211. The summed E-state index contributed by atoms with van der Waals surface area (Å²) >= 11 is 0. The molecular weight excluding hydrogens is 302 g/mol. The third-order valence-electron chi connectivity index (χ3n) is 4.36. The summed E-state index contributed by atoms with van der Waals surface area (Å²) in [5.41, 5.74) is 2.18. The summed E-state index contributed by atoms with van der Waals surface area (Å²) in [4.78, 5) is 26.4. The zero-order valence-corrected chi connectivity index (χ0v) is 13.9. The van der Waals surface area contributed by atoms with E-state index in [1.54, 1.807) is 36.2 Å². The molecule has 1 unspecified atom stereocenters. The highest BCUT2D eigenvalue weighted by atomic mass is 16.2. The summed E-state index contributed by atoms with van der Waals surface area (Å²) in [5.74, 6) is -0.226. The molecule has 1 amide bonds. The Morgan fingerprint density at radius 1 is 1.08 bits per heavy atom. The minimum absolute atomic E-state index is 0.106. The lowest BCUT2D eigenvalue weighted by molar-refractivity contribution is 0.0737. The number of nitrogens with one attached hydrogen (secondary N) is 1. The number of benzene rings is 2. The Kier molecular flexibility index (Phi) is 4.16. The number of aryl methyl sites for hydroxylation is 1. The van der Waals surface area contributed by atoms with Crippen LogP contribution in [-0.2, 0) is 0 Å². The van der Waals surface area contributed by atoms with Gasteiger partial charge in [0.1, 0.15) is 0 Å². The maximum absolute atomic E-state index is 12.9. The average molecular weight is 321 g/mol. The predicted molar refractivity (Wildman–Crippen MR) is 94.1 cm³/mol. The summed E-state index contributed by atoms with van der Waals surface area (Å²) < 4.78 is 0. The van der Waals surface area contributed by atoms with Gasteiger partial charge in [0.05, 0.1) is 11.4 Å². The topological polar surface area (TPSA) is 66.1 Å². The van der Waals surface area contributed by atoms with Crippen LogP contribution < -0.4 is 5.56 Å². The molecule has 1 atom stereocenters. The maximum atomic E-state index is 12.9.